The van der Waals surface area contributed by atoms with Gasteiger partial charge in [-0.05, 0) is 30.3 Å². The highest BCUT2D eigenvalue weighted by Gasteiger charge is 2.31. The normalized spacial score (nSPS) is 11.8. The third kappa shape index (κ3) is 2.47. The van der Waals surface area contributed by atoms with E-state index in [0.717, 1.165) is 12.1 Å². The van der Waals surface area contributed by atoms with Crippen LogP contribution < -0.4 is 5.43 Å². The van der Waals surface area contributed by atoms with Gasteiger partial charge in [-0.25, -0.2) is 4.39 Å². The maximum atomic E-state index is 14.0. The molecule has 3 aromatic rings. The van der Waals surface area contributed by atoms with Gasteiger partial charge in [-0.3, -0.25) is 4.79 Å². The van der Waals surface area contributed by atoms with Gasteiger partial charge < -0.3 is 4.98 Å². The van der Waals surface area contributed by atoms with Gasteiger partial charge in [0.1, 0.15) is 5.82 Å². The number of aromatic nitrogens is 1. The minimum atomic E-state index is -4.61. The average molecular weight is 309 g/mol. The van der Waals surface area contributed by atoms with Crippen molar-refractivity contribution in [2.45, 2.75) is 6.18 Å². The van der Waals surface area contributed by atoms with Crippen molar-refractivity contribution in [3.05, 3.63) is 70.1 Å². The molecule has 3 rings (SSSR count). The smallest absolute Gasteiger partial charge is 0.354 e. The fraction of sp³-hybridized carbons (Fsp3) is 0.0625. The summed E-state index contributed by atoms with van der Waals surface area (Å²) in [6.07, 6.45) is -4.61. The van der Waals surface area contributed by atoms with Gasteiger partial charge >= 0.3 is 6.18 Å². The number of alkyl halides is 3. The SMILES string of the molecule is O=c1cc(-c2ccc(C(F)(F)F)cc2F)[nH]c2ccccc12.[HH]. The van der Waals surface area contributed by atoms with Crippen molar-refractivity contribution >= 4 is 10.9 Å². The van der Waals surface area contributed by atoms with Crippen LogP contribution in [0, 0.1) is 5.82 Å². The number of nitrogens with one attached hydrogen (secondary N) is 1. The first-order valence-corrected chi connectivity index (χ1v) is 6.35. The van der Waals surface area contributed by atoms with Crippen molar-refractivity contribution in [2.24, 2.45) is 0 Å². The van der Waals surface area contributed by atoms with Crippen molar-refractivity contribution in [2.75, 3.05) is 0 Å². The Morgan fingerprint density at radius 1 is 1.00 bits per heavy atom. The minimum Gasteiger partial charge on any atom is -0.354 e. The number of para-hydroxylation sites is 1. The third-order valence-electron chi connectivity index (χ3n) is 3.32. The van der Waals surface area contributed by atoms with Crippen LogP contribution in [0.4, 0.5) is 17.6 Å². The molecular formula is C16H11F4NO. The lowest BCUT2D eigenvalue weighted by Crippen LogP contribution is -2.07. The summed E-state index contributed by atoms with van der Waals surface area (Å²) in [6.45, 7) is 0. The number of hydrogen-bond donors (Lipinski definition) is 1. The summed E-state index contributed by atoms with van der Waals surface area (Å²) in [4.78, 5) is 14.8. The van der Waals surface area contributed by atoms with Crippen LogP contribution >= 0.6 is 0 Å². The maximum absolute atomic E-state index is 14.0. The molecule has 0 aliphatic rings. The van der Waals surface area contributed by atoms with Gasteiger partial charge in [0.25, 0.3) is 0 Å². The standard InChI is InChI=1S/C16H9F4NO.H2/c17-12-7-9(16(18,19)20)5-6-10(12)14-8-15(22)11-3-1-2-4-13(11)21-14;/h1-8H,(H,21,22);1H. The summed E-state index contributed by atoms with van der Waals surface area (Å²) >= 11 is 0. The summed E-state index contributed by atoms with van der Waals surface area (Å²) in [7, 11) is 0. The summed E-state index contributed by atoms with van der Waals surface area (Å²) in [5, 5.41) is 0.429. The molecule has 0 fully saturated rings. The largest absolute Gasteiger partial charge is 0.416 e. The second kappa shape index (κ2) is 4.98. The van der Waals surface area contributed by atoms with Crippen LogP contribution in [0.2, 0.25) is 0 Å². The minimum absolute atomic E-state index is 0. The van der Waals surface area contributed by atoms with Crippen molar-refractivity contribution in [1.29, 1.82) is 0 Å². The Kier molecular flexibility index (Phi) is 3.24. The van der Waals surface area contributed by atoms with E-state index < -0.39 is 17.6 Å². The molecule has 2 aromatic carbocycles. The van der Waals surface area contributed by atoms with E-state index >= 15 is 0 Å². The zero-order valence-corrected chi connectivity index (χ0v) is 11.0. The molecule has 0 spiro atoms. The molecule has 0 aliphatic heterocycles. The Morgan fingerprint density at radius 2 is 1.73 bits per heavy atom. The molecule has 1 heterocycles. The number of halogens is 4. The second-order valence-corrected chi connectivity index (χ2v) is 4.79. The molecule has 22 heavy (non-hydrogen) atoms. The molecule has 0 bridgehead atoms. The number of pyridine rings is 1. The first kappa shape index (κ1) is 14.3. The highest BCUT2D eigenvalue weighted by molar-refractivity contribution is 5.81. The summed E-state index contributed by atoms with van der Waals surface area (Å²) in [5.41, 5.74) is -0.865. The predicted molar refractivity (Wildman–Crippen MR) is 77.1 cm³/mol. The van der Waals surface area contributed by atoms with E-state index in [2.05, 4.69) is 4.98 Å². The molecule has 0 atom stereocenters. The number of benzene rings is 2. The Morgan fingerprint density at radius 3 is 2.41 bits per heavy atom. The van der Waals surface area contributed by atoms with E-state index in [9.17, 15) is 22.4 Å². The number of aromatic amines is 1. The van der Waals surface area contributed by atoms with Crippen molar-refractivity contribution in [3.8, 4) is 11.3 Å². The van der Waals surface area contributed by atoms with Crippen LogP contribution in [0.15, 0.2) is 53.3 Å². The van der Waals surface area contributed by atoms with Gasteiger partial charge in [-0.1, -0.05) is 12.1 Å². The molecule has 1 aromatic heterocycles. The lowest BCUT2D eigenvalue weighted by molar-refractivity contribution is -0.137. The molecule has 0 saturated heterocycles. The molecule has 0 unspecified atom stereocenters. The fourth-order valence-corrected chi connectivity index (χ4v) is 2.25. The summed E-state index contributed by atoms with van der Waals surface area (Å²) < 4.78 is 51.6. The van der Waals surface area contributed by atoms with Gasteiger partial charge in [0.2, 0.25) is 0 Å². The van der Waals surface area contributed by atoms with Gasteiger partial charge in [0.05, 0.1) is 11.3 Å². The van der Waals surface area contributed by atoms with Crippen LogP contribution in [0.5, 0.6) is 0 Å². The average Bonchev–Trinajstić information content (AvgIpc) is 2.46. The summed E-state index contributed by atoms with van der Waals surface area (Å²) in [5.74, 6) is -1.04. The van der Waals surface area contributed by atoms with Crippen LogP contribution in [-0.2, 0) is 6.18 Å². The number of hydrogen-bond acceptors (Lipinski definition) is 1. The van der Waals surface area contributed by atoms with Crippen LogP contribution in [-0.4, -0.2) is 4.98 Å². The molecule has 114 valence electrons. The molecule has 0 saturated carbocycles. The van der Waals surface area contributed by atoms with Crippen molar-refractivity contribution in [1.82, 2.24) is 4.98 Å². The molecule has 0 aliphatic carbocycles. The Hall–Kier alpha value is -2.63. The topological polar surface area (TPSA) is 32.9 Å². The van der Waals surface area contributed by atoms with Gasteiger partial charge in [-0.15, -0.1) is 0 Å². The Bertz CT molecular complexity index is 918. The first-order chi connectivity index (χ1) is 10.4. The fourth-order valence-electron chi connectivity index (χ4n) is 2.25. The highest BCUT2D eigenvalue weighted by Crippen LogP contribution is 2.32. The monoisotopic (exact) mass is 309 g/mol. The molecular weight excluding hydrogens is 298 g/mol. The Labute approximate surface area is 123 Å². The zero-order chi connectivity index (χ0) is 15.9. The zero-order valence-electron chi connectivity index (χ0n) is 11.0. The van der Waals surface area contributed by atoms with Gasteiger partial charge in [0.15, 0.2) is 5.43 Å². The van der Waals surface area contributed by atoms with E-state index in [4.69, 9.17) is 0 Å². The van der Waals surface area contributed by atoms with E-state index in [1.54, 1.807) is 24.3 Å². The first-order valence-electron chi connectivity index (χ1n) is 6.35. The lowest BCUT2D eigenvalue weighted by atomic mass is 10.1. The second-order valence-electron chi connectivity index (χ2n) is 4.79. The van der Waals surface area contributed by atoms with Crippen LogP contribution in [0.25, 0.3) is 22.2 Å². The Balaban J connectivity index is 0.00000192. The number of rotatable bonds is 1. The van der Waals surface area contributed by atoms with Crippen molar-refractivity contribution in [3.63, 3.8) is 0 Å². The van der Waals surface area contributed by atoms with E-state index in [0.29, 0.717) is 17.0 Å². The van der Waals surface area contributed by atoms with E-state index in [1.807, 2.05) is 0 Å². The van der Waals surface area contributed by atoms with Crippen LogP contribution in [0.3, 0.4) is 0 Å². The third-order valence-corrected chi connectivity index (χ3v) is 3.32. The van der Waals surface area contributed by atoms with Crippen LogP contribution in [0.1, 0.15) is 6.99 Å². The molecule has 2 nitrogen and oxygen atoms in total. The van der Waals surface area contributed by atoms with Gasteiger partial charge in [-0.2, -0.15) is 13.2 Å². The molecule has 0 amide bonds. The molecule has 0 radical (unpaired) electrons. The number of H-pyrrole nitrogens is 1. The van der Waals surface area contributed by atoms with E-state index in [1.165, 1.54) is 6.07 Å². The molecule has 1 N–H and O–H groups in total. The summed E-state index contributed by atoms with van der Waals surface area (Å²) in [6, 6.07) is 10.0. The maximum Gasteiger partial charge on any atom is 0.416 e. The highest BCUT2D eigenvalue weighted by atomic mass is 19.4. The lowest BCUT2D eigenvalue weighted by Gasteiger charge is -2.10. The van der Waals surface area contributed by atoms with E-state index in [-0.39, 0.29) is 18.1 Å². The molecule has 6 heteroatoms. The number of fused-ring (bicyclic) bond motifs is 1. The van der Waals surface area contributed by atoms with Crippen molar-refractivity contribution < 1.29 is 19.0 Å². The predicted octanol–water partition coefficient (Wildman–Crippen LogP) is 4.60. The van der Waals surface area contributed by atoms with Gasteiger partial charge in [0, 0.05) is 24.0 Å². The quantitative estimate of drug-likeness (QED) is 0.655.